The molecule has 1 aromatic rings. The molecule has 10 heavy (non-hydrogen) atoms. The molecule has 0 aliphatic rings. The lowest BCUT2D eigenvalue weighted by Crippen LogP contribution is -1.94. The summed E-state index contributed by atoms with van der Waals surface area (Å²) in [4.78, 5) is 0. The Morgan fingerprint density at radius 1 is 1.70 bits per heavy atom. The van der Waals surface area contributed by atoms with Gasteiger partial charge in [0.05, 0.1) is 5.69 Å². The number of thioether (sulfide) groups is 1. The van der Waals surface area contributed by atoms with Crippen molar-refractivity contribution in [3.63, 3.8) is 0 Å². The van der Waals surface area contributed by atoms with E-state index in [-0.39, 0.29) is 0 Å². The number of rotatable bonds is 3. The monoisotopic (exact) mass is 156 g/mol. The van der Waals surface area contributed by atoms with Crippen molar-refractivity contribution < 1.29 is 0 Å². The summed E-state index contributed by atoms with van der Waals surface area (Å²) in [6.07, 6.45) is 4.11. The predicted molar refractivity (Wildman–Crippen MR) is 45.1 cm³/mol. The minimum Gasteiger partial charge on any atom is -0.273 e. The van der Waals surface area contributed by atoms with Crippen LogP contribution in [0.1, 0.15) is 12.6 Å². The van der Waals surface area contributed by atoms with Gasteiger partial charge >= 0.3 is 0 Å². The highest BCUT2D eigenvalue weighted by Gasteiger charge is 1.94. The summed E-state index contributed by atoms with van der Waals surface area (Å²) in [7, 11) is 0. The second-order valence-electron chi connectivity index (χ2n) is 2.10. The first-order valence-corrected chi connectivity index (χ1v) is 4.77. The Morgan fingerprint density at radius 2 is 2.50 bits per heavy atom. The van der Waals surface area contributed by atoms with Crippen LogP contribution < -0.4 is 0 Å². The quantitative estimate of drug-likeness (QED) is 0.663. The van der Waals surface area contributed by atoms with Crippen molar-refractivity contribution >= 4 is 11.8 Å². The molecule has 0 saturated heterocycles. The van der Waals surface area contributed by atoms with Crippen LogP contribution in [0, 0.1) is 0 Å². The van der Waals surface area contributed by atoms with Crippen LogP contribution in [0.25, 0.3) is 0 Å². The molecule has 0 fully saturated rings. The molecule has 56 valence electrons. The van der Waals surface area contributed by atoms with E-state index in [0.717, 1.165) is 12.3 Å². The van der Waals surface area contributed by atoms with E-state index in [1.54, 1.807) is 11.8 Å². The van der Waals surface area contributed by atoms with Crippen molar-refractivity contribution in [2.75, 3.05) is 6.26 Å². The van der Waals surface area contributed by atoms with E-state index in [4.69, 9.17) is 0 Å². The summed E-state index contributed by atoms with van der Waals surface area (Å²) >= 11 is 1.80. The third kappa shape index (κ3) is 1.77. The molecule has 0 aromatic carbocycles. The molecule has 3 heteroatoms. The molecular formula is C7H12N2S. The van der Waals surface area contributed by atoms with Gasteiger partial charge in [0.1, 0.15) is 0 Å². The SMILES string of the molecule is CCn1ccc(CSC)n1. The van der Waals surface area contributed by atoms with Gasteiger partial charge in [0, 0.05) is 18.5 Å². The predicted octanol–water partition coefficient (Wildman–Crippen LogP) is 1.77. The number of hydrogen-bond acceptors (Lipinski definition) is 2. The molecular weight excluding hydrogens is 144 g/mol. The van der Waals surface area contributed by atoms with E-state index in [1.165, 1.54) is 5.69 Å². The first-order valence-electron chi connectivity index (χ1n) is 3.38. The highest BCUT2D eigenvalue weighted by molar-refractivity contribution is 7.97. The van der Waals surface area contributed by atoms with Crippen molar-refractivity contribution in [1.82, 2.24) is 9.78 Å². The van der Waals surface area contributed by atoms with Crippen LogP contribution in [-0.4, -0.2) is 16.0 Å². The summed E-state index contributed by atoms with van der Waals surface area (Å²) < 4.78 is 1.95. The molecule has 1 rings (SSSR count). The van der Waals surface area contributed by atoms with Gasteiger partial charge in [0.15, 0.2) is 0 Å². The molecule has 2 nitrogen and oxygen atoms in total. The lowest BCUT2D eigenvalue weighted by molar-refractivity contribution is 0.652. The Balaban J connectivity index is 2.59. The van der Waals surface area contributed by atoms with Gasteiger partial charge in [-0.1, -0.05) is 0 Å². The minimum absolute atomic E-state index is 0.967. The second-order valence-corrected chi connectivity index (χ2v) is 2.96. The zero-order valence-electron chi connectivity index (χ0n) is 6.37. The van der Waals surface area contributed by atoms with E-state index >= 15 is 0 Å². The van der Waals surface area contributed by atoms with Crippen molar-refractivity contribution in [3.8, 4) is 0 Å². The maximum Gasteiger partial charge on any atom is 0.0723 e. The molecule has 0 N–H and O–H groups in total. The second kappa shape index (κ2) is 3.66. The van der Waals surface area contributed by atoms with Crippen molar-refractivity contribution in [2.24, 2.45) is 0 Å². The Bertz CT molecular complexity index is 195. The average molecular weight is 156 g/mol. The van der Waals surface area contributed by atoms with E-state index < -0.39 is 0 Å². The molecule has 0 aliphatic heterocycles. The molecule has 0 unspecified atom stereocenters. The summed E-state index contributed by atoms with van der Waals surface area (Å²) in [5, 5.41) is 4.31. The first kappa shape index (κ1) is 7.66. The minimum atomic E-state index is 0.967. The van der Waals surface area contributed by atoms with E-state index in [0.29, 0.717) is 0 Å². The summed E-state index contributed by atoms with van der Waals surface area (Å²) in [6, 6.07) is 2.07. The Kier molecular flexibility index (Phi) is 2.81. The third-order valence-corrected chi connectivity index (χ3v) is 1.90. The van der Waals surface area contributed by atoms with E-state index in [1.807, 2.05) is 10.9 Å². The van der Waals surface area contributed by atoms with Crippen LogP contribution >= 0.6 is 11.8 Å². The molecule has 0 bridgehead atoms. The van der Waals surface area contributed by atoms with Gasteiger partial charge in [-0.05, 0) is 19.2 Å². The Labute approximate surface area is 65.6 Å². The van der Waals surface area contributed by atoms with Crippen LogP contribution in [-0.2, 0) is 12.3 Å². The Hall–Kier alpha value is -0.440. The fourth-order valence-electron chi connectivity index (χ4n) is 0.805. The lowest BCUT2D eigenvalue weighted by atomic mass is 10.5. The van der Waals surface area contributed by atoms with Gasteiger partial charge in [-0.25, -0.2) is 0 Å². The molecule has 0 aliphatic carbocycles. The van der Waals surface area contributed by atoms with Crippen LogP contribution in [0.2, 0.25) is 0 Å². The summed E-state index contributed by atoms with van der Waals surface area (Å²) in [5.41, 5.74) is 1.18. The fourth-order valence-corrected chi connectivity index (χ4v) is 1.25. The van der Waals surface area contributed by atoms with Crippen LogP contribution in [0.4, 0.5) is 0 Å². The molecule has 1 aromatic heterocycles. The molecule has 0 spiro atoms. The standard InChI is InChI=1S/C7H12N2S/c1-3-9-5-4-7(8-9)6-10-2/h4-5H,3,6H2,1-2H3. The largest absolute Gasteiger partial charge is 0.273 e. The summed E-state index contributed by atoms with van der Waals surface area (Å²) in [5.74, 6) is 1.02. The highest BCUT2D eigenvalue weighted by atomic mass is 32.2. The molecule has 0 radical (unpaired) electrons. The van der Waals surface area contributed by atoms with E-state index in [9.17, 15) is 0 Å². The highest BCUT2D eigenvalue weighted by Crippen LogP contribution is 2.05. The smallest absolute Gasteiger partial charge is 0.0723 e. The van der Waals surface area contributed by atoms with E-state index in [2.05, 4.69) is 24.3 Å². The van der Waals surface area contributed by atoms with Crippen molar-refractivity contribution in [3.05, 3.63) is 18.0 Å². The van der Waals surface area contributed by atoms with Gasteiger partial charge in [0.2, 0.25) is 0 Å². The van der Waals surface area contributed by atoms with Crippen molar-refractivity contribution in [2.45, 2.75) is 19.2 Å². The summed E-state index contributed by atoms with van der Waals surface area (Å²) in [6.45, 7) is 3.06. The maximum absolute atomic E-state index is 4.31. The van der Waals surface area contributed by atoms with Gasteiger partial charge in [-0.2, -0.15) is 16.9 Å². The van der Waals surface area contributed by atoms with Gasteiger partial charge in [-0.3, -0.25) is 4.68 Å². The Morgan fingerprint density at radius 3 is 3.00 bits per heavy atom. The number of hydrogen-bond donors (Lipinski definition) is 0. The molecule has 0 amide bonds. The lowest BCUT2D eigenvalue weighted by Gasteiger charge is -1.92. The zero-order chi connectivity index (χ0) is 7.40. The number of nitrogens with zero attached hydrogens (tertiary/aromatic N) is 2. The van der Waals surface area contributed by atoms with Crippen LogP contribution in [0.15, 0.2) is 12.3 Å². The van der Waals surface area contributed by atoms with Gasteiger partial charge in [-0.15, -0.1) is 0 Å². The fraction of sp³-hybridized carbons (Fsp3) is 0.571. The van der Waals surface area contributed by atoms with Crippen molar-refractivity contribution in [1.29, 1.82) is 0 Å². The van der Waals surface area contributed by atoms with Crippen LogP contribution in [0.3, 0.4) is 0 Å². The topological polar surface area (TPSA) is 17.8 Å². The average Bonchev–Trinajstić information content (AvgIpc) is 2.37. The normalized spacial score (nSPS) is 10.2. The molecule has 0 atom stereocenters. The first-order chi connectivity index (χ1) is 4.86. The zero-order valence-corrected chi connectivity index (χ0v) is 7.19. The van der Waals surface area contributed by atoms with Crippen LogP contribution in [0.5, 0.6) is 0 Å². The van der Waals surface area contributed by atoms with Gasteiger partial charge < -0.3 is 0 Å². The third-order valence-electron chi connectivity index (χ3n) is 1.31. The number of aromatic nitrogens is 2. The number of aryl methyl sites for hydroxylation is 1. The maximum atomic E-state index is 4.31. The molecule has 1 heterocycles. The van der Waals surface area contributed by atoms with Gasteiger partial charge in [0.25, 0.3) is 0 Å². The molecule has 0 saturated carbocycles.